The molecule has 0 radical (unpaired) electrons. The van der Waals surface area contributed by atoms with Gasteiger partial charge < -0.3 is 9.84 Å². The first-order valence-electron chi connectivity index (χ1n) is 7.10. The Kier molecular flexibility index (Phi) is 4.71. The average Bonchev–Trinajstić information content (AvgIpc) is 2.95. The van der Waals surface area contributed by atoms with Gasteiger partial charge in [0.1, 0.15) is 0 Å². The Morgan fingerprint density at radius 2 is 2.00 bits per heavy atom. The normalized spacial score (nSPS) is 16.4. The molecule has 2 aromatic rings. The van der Waals surface area contributed by atoms with E-state index in [0.29, 0.717) is 5.92 Å². The minimum Gasteiger partial charge on any atom is -0.339 e. The number of nitrogens with one attached hydrogen (secondary N) is 1. The summed E-state index contributed by atoms with van der Waals surface area (Å²) in [5, 5.41) is 7.45. The first-order valence-corrected chi connectivity index (χ1v) is 8.09. The summed E-state index contributed by atoms with van der Waals surface area (Å²) >= 11 is 1.74. The van der Waals surface area contributed by atoms with Crippen LogP contribution in [-0.2, 0) is 12.2 Å². The van der Waals surface area contributed by atoms with Gasteiger partial charge in [0, 0.05) is 11.3 Å². The van der Waals surface area contributed by atoms with E-state index in [9.17, 15) is 0 Å². The van der Waals surface area contributed by atoms with Gasteiger partial charge in [-0.05, 0) is 44.0 Å². The molecule has 0 spiro atoms. The van der Waals surface area contributed by atoms with E-state index in [4.69, 9.17) is 4.52 Å². The third kappa shape index (κ3) is 3.84. The van der Waals surface area contributed by atoms with Gasteiger partial charge in [-0.15, -0.1) is 11.8 Å². The Morgan fingerprint density at radius 3 is 2.80 bits per heavy atom. The van der Waals surface area contributed by atoms with Gasteiger partial charge in [0.25, 0.3) is 0 Å². The summed E-state index contributed by atoms with van der Waals surface area (Å²) in [6, 6.07) is 10.3. The molecular formula is C15H19N3OS. The summed E-state index contributed by atoms with van der Waals surface area (Å²) in [6.45, 7) is 2.21. The maximum Gasteiger partial charge on any atom is 0.226 e. The van der Waals surface area contributed by atoms with Crippen LogP contribution >= 0.6 is 11.8 Å². The van der Waals surface area contributed by atoms with E-state index in [1.807, 2.05) is 18.2 Å². The number of piperidine rings is 1. The molecule has 1 aromatic carbocycles. The molecule has 1 aliphatic heterocycles. The van der Waals surface area contributed by atoms with Crippen LogP contribution in [0.3, 0.4) is 0 Å². The molecule has 0 saturated carbocycles. The lowest BCUT2D eigenvalue weighted by Gasteiger charge is -2.20. The average molecular weight is 289 g/mol. The lowest BCUT2D eigenvalue weighted by atomic mass is 9.95. The second-order valence-electron chi connectivity index (χ2n) is 5.10. The molecule has 0 bridgehead atoms. The molecule has 0 atom stereocenters. The third-order valence-corrected chi connectivity index (χ3v) is 4.55. The summed E-state index contributed by atoms with van der Waals surface area (Å²) in [6.07, 6.45) is 3.33. The first kappa shape index (κ1) is 13.6. The van der Waals surface area contributed by atoms with Crippen LogP contribution in [-0.4, -0.2) is 23.2 Å². The fourth-order valence-electron chi connectivity index (χ4n) is 2.43. The zero-order chi connectivity index (χ0) is 13.6. The zero-order valence-electron chi connectivity index (χ0n) is 11.4. The second kappa shape index (κ2) is 6.90. The van der Waals surface area contributed by atoms with Crippen molar-refractivity contribution in [3.63, 3.8) is 0 Å². The molecule has 4 nitrogen and oxygen atoms in total. The molecule has 0 amide bonds. The van der Waals surface area contributed by atoms with E-state index >= 15 is 0 Å². The Hall–Kier alpha value is -1.33. The monoisotopic (exact) mass is 289 g/mol. The second-order valence-corrected chi connectivity index (χ2v) is 6.15. The van der Waals surface area contributed by atoms with Crippen molar-refractivity contribution >= 4 is 11.8 Å². The molecule has 1 fully saturated rings. The van der Waals surface area contributed by atoms with Gasteiger partial charge >= 0.3 is 0 Å². The van der Waals surface area contributed by atoms with Gasteiger partial charge in [0.15, 0.2) is 5.82 Å². The van der Waals surface area contributed by atoms with Crippen molar-refractivity contribution in [2.45, 2.75) is 29.9 Å². The van der Waals surface area contributed by atoms with E-state index in [1.165, 1.54) is 17.7 Å². The smallest absolute Gasteiger partial charge is 0.226 e. The number of nitrogens with zero attached hydrogens (tertiary/aromatic N) is 2. The number of thioether (sulfide) groups is 1. The maximum atomic E-state index is 5.36. The van der Waals surface area contributed by atoms with Crippen LogP contribution in [0.1, 0.15) is 24.6 Å². The fraction of sp³-hybridized carbons (Fsp3) is 0.467. The van der Waals surface area contributed by atoms with E-state index < -0.39 is 0 Å². The van der Waals surface area contributed by atoms with Gasteiger partial charge in [-0.1, -0.05) is 23.4 Å². The Bertz CT molecular complexity index is 523. The van der Waals surface area contributed by atoms with E-state index in [1.54, 1.807) is 11.8 Å². The summed E-state index contributed by atoms with van der Waals surface area (Å²) in [5.74, 6) is 3.04. The Labute approximate surface area is 123 Å². The number of hydrogen-bond donors (Lipinski definition) is 1. The third-order valence-electron chi connectivity index (χ3n) is 3.54. The van der Waals surface area contributed by atoms with Crippen molar-refractivity contribution in [3.8, 4) is 0 Å². The van der Waals surface area contributed by atoms with Gasteiger partial charge in [0.05, 0.1) is 5.75 Å². The number of hydrogen-bond acceptors (Lipinski definition) is 5. The zero-order valence-corrected chi connectivity index (χ0v) is 12.2. The summed E-state index contributed by atoms with van der Waals surface area (Å²) in [7, 11) is 0. The number of aromatic nitrogens is 2. The van der Waals surface area contributed by atoms with E-state index in [2.05, 4.69) is 27.6 Å². The topological polar surface area (TPSA) is 51.0 Å². The highest BCUT2D eigenvalue weighted by Gasteiger charge is 2.17. The summed E-state index contributed by atoms with van der Waals surface area (Å²) < 4.78 is 5.36. The molecule has 1 aliphatic rings. The minimum atomic E-state index is 0.686. The molecule has 0 unspecified atom stereocenters. The van der Waals surface area contributed by atoms with Crippen molar-refractivity contribution in [1.82, 2.24) is 15.5 Å². The van der Waals surface area contributed by atoms with Gasteiger partial charge in [-0.25, -0.2) is 0 Å². The molecule has 1 aromatic heterocycles. The van der Waals surface area contributed by atoms with Crippen LogP contribution in [0.5, 0.6) is 0 Å². The van der Waals surface area contributed by atoms with Crippen LogP contribution in [0.2, 0.25) is 0 Å². The van der Waals surface area contributed by atoms with Crippen molar-refractivity contribution in [2.75, 3.05) is 13.1 Å². The van der Waals surface area contributed by atoms with Crippen molar-refractivity contribution in [3.05, 3.63) is 42.0 Å². The molecule has 1 saturated heterocycles. The van der Waals surface area contributed by atoms with E-state index in [-0.39, 0.29) is 0 Å². The predicted octanol–water partition coefficient (Wildman–Crippen LogP) is 2.90. The predicted molar refractivity (Wildman–Crippen MR) is 79.6 cm³/mol. The Morgan fingerprint density at radius 1 is 1.20 bits per heavy atom. The van der Waals surface area contributed by atoms with E-state index in [0.717, 1.165) is 37.0 Å². The van der Waals surface area contributed by atoms with Gasteiger partial charge in [-0.2, -0.15) is 4.98 Å². The highest BCUT2D eigenvalue weighted by atomic mass is 32.2. The standard InChI is InChI=1S/C15H19N3OS/c1-2-4-13(5-3-1)20-11-14-17-15(19-18-14)10-12-6-8-16-9-7-12/h1-5,12,16H,6-11H2. The van der Waals surface area contributed by atoms with Crippen LogP contribution < -0.4 is 5.32 Å². The van der Waals surface area contributed by atoms with Crippen molar-refractivity contribution in [2.24, 2.45) is 5.92 Å². The van der Waals surface area contributed by atoms with Crippen LogP contribution in [0, 0.1) is 5.92 Å². The van der Waals surface area contributed by atoms with Crippen molar-refractivity contribution in [1.29, 1.82) is 0 Å². The summed E-state index contributed by atoms with van der Waals surface area (Å²) in [5.41, 5.74) is 0. The molecule has 0 aliphatic carbocycles. The molecule has 3 rings (SSSR count). The highest BCUT2D eigenvalue weighted by molar-refractivity contribution is 7.98. The fourth-order valence-corrected chi connectivity index (χ4v) is 3.19. The largest absolute Gasteiger partial charge is 0.339 e. The molecule has 5 heteroatoms. The number of rotatable bonds is 5. The molecule has 2 heterocycles. The van der Waals surface area contributed by atoms with Crippen molar-refractivity contribution < 1.29 is 4.52 Å². The SMILES string of the molecule is c1ccc(SCc2noc(CC3CCNCC3)n2)cc1. The van der Waals surface area contributed by atoms with Crippen LogP contribution in [0.25, 0.3) is 0 Å². The quantitative estimate of drug-likeness (QED) is 0.858. The van der Waals surface area contributed by atoms with Gasteiger partial charge in [0.2, 0.25) is 5.89 Å². The Balaban J connectivity index is 1.51. The van der Waals surface area contributed by atoms with Crippen LogP contribution in [0.4, 0.5) is 0 Å². The van der Waals surface area contributed by atoms with Crippen LogP contribution in [0.15, 0.2) is 39.8 Å². The minimum absolute atomic E-state index is 0.686. The molecule has 106 valence electrons. The molecule has 1 N–H and O–H groups in total. The summed E-state index contributed by atoms with van der Waals surface area (Å²) in [4.78, 5) is 5.73. The molecular weight excluding hydrogens is 270 g/mol. The lowest BCUT2D eigenvalue weighted by molar-refractivity contribution is 0.312. The molecule has 20 heavy (non-hydrogen) atoms. The van der Waals surface area contributed by atoms with Gasteiger partial charge in [-0.3, -0.25) is 0 Å². The number of benzene rings is 1. The highest BCUT2D eigenvalue weighted by Crippen LogP contribution is 2.22. The lowest BCUT2D eigenvalue weighted by Crippen LogP contribution is -2.28. The maximum absolute atomic E-state index is 5.36. The first-order chi connectivity index (χ1) is 9.90.